The lowest BCUT2D eigenvalue weighted by Gasteiger charge is -2.29. The topological polar surface area (TPSA) is 49.8 Å². The summed E-state index contributed by atoms with van der Waals surface area (Å²) in [7, 11) is 0. The van der Waals surface area contributed by atoms with Gasteiger partial charge in [0.1, 0.15) is 12.4 Å². The zero-order chi connectivity index (χ0) is 22.3. The molecule has 0 atom stereocenters. The molecule has 164 valence electrons. The third kappa shape index (κ3) is 7.05. The zero-order valence-electron chi connectivity index (χ0n) is 15.7. The van der Waals surface area contributed by atoms with Gasteiger partial charge >= 0.3 is 12.1 Å². The lowest BCUT2D eigenvalue weighted by molar-refractivity contribution is -0.192. The molecular weight excluding hydrogens is 433 g/mol. The predicted molar refractivity (Wildman–Crippen MR) is 102 cm³/mol. The number of ether oxygens (including phenoxy) is 1. The average Bonchev–Trinajstić information content (AvgIpc) is 2.69. The molecule has 1 N–H and O–H groups in total. The summed E-state index contributed by atoms with van der Waals surface area (Å²) in [6, 6.07) is 9.21. The first-order valence-corrected chi connectivity index (χ1v) is 9.37. The van der Waals surface area contributed by atoms with Gasteiger partial charge in [-0.1, -0.05) is 17.7 Å². The summed E-state index contributed by atoms with van der Waals surface area (Å²) in [5.41, 5.74) is 1.29. The molecule has 4 nitrogen and oxygen atoms in total. The van der Waals surface area contributed by atoms with Crippen LogP contribution in [0.15, 0.2) is 36.4 Å². The van der Waals surface area contributed by atoms with E-state index in [4.69, 9.17) is 26.2 Å². The number of carbonyl (C=O) groups is 1. The molecule has 0 unspecified atom stereocenters. The van der Waals surface area contributed by atoms with Gasteiger partial charge in [0, 0.05) is 35.4 Å². The molecule has 2 aromatic rings. The van der Waals surface area contributed by atoms with Crippen LogP contribution in [0, 0.1) is 11.6 Å². The van der Waals surface area contributed by atoms with Gasteiger partial charge < -0.3 is 14.7 Å². The minimum absolute atomic E-state index is 0.0383. The first-order chi connectivity index (χ1) is 14.1. The van der Waals surface area contributed by atoms with Crippen molar-refractivity contribution in [2.24, 2.45) is 0 Å². The Labute approximate surface area is 174 Å². The first kappa shape index (κ1) is 23.7. The van der Waals surface area contributed by atoms with Gasteiger partial charge in [-0.25, -0.2) is 13.6 Å². The molecule has 0 saturated carbocycles. The van der Waals surface area contributed by atoms with Crippen molar-refractivity contribution in [3.05, 3.63) is 58.6 Å². The van der Waals surface area contributed by atoms with Crippen LogP contribution in [0.25, 0.3) is 0 Å². The number of piperidine rings is 1. The summed E-state index contributed by atoms with van der Waals surface area (Å²) in [4.78, 5) is 11.1. The third-order valence-corrected chi connectivity index (χ3v) is 4.51. The van der Waals surface area contributed by atoms with Crippen molar-refractivity contribution in [3.63, 3.8) is 0 Å². The zero-order valence-corrected chi connectivity index (χ0v) is 16.4. The highest BCUT2D eigenvalue weighted by Crippen LogP contribution is 2.28. The van der Waals surface area contributed by atoms with Crippen LogP contribution < -0.4 is 9.64 Å². The van der Waals surface area contributed by atoms with Gasteiger partial charge in [0.2, 0.25) is 0 Å². The molecule has 0 aliphatic carbocycles. The number of hydrogen-bond acceptors (Lipinski definition) is 3. The van der Waals surface area contributed by atoms with Gasteiger partial charge in [0.05, 0.1) is 0 Å². The molecule has 0 amide bonds. The molecule has 1 fully saturated rings. The van der Waals surface area contributed by atoms with Crippen molar-refractivity contribution in [3.8, 4) is 5.75 Å². The number of alkyl halides is 3. The third-order valence-electron chi connectivity index (χ3n) is 4.28. The van der Waals surface area contributed by atoms with Crippen LogP contribution in [0.2, 0.25) is 5.02 Å². The minimum atomic E-state index is -5.08. The second-order valence-electron chi connectivity index (χ2n) is 6.49. The fourth-order valence-corrected chi connectivity index (χ4v) is 2.90. The number of benzene rings is 2. The van der Waals surface area contributed by atoms with Gasteiger partial charge in [-0.15, -0.1) is 0 Å². The maximum Gasteiger partial charge on any atom is 0.490 e. The minimum Gasteiger partial charge on any atom is -0.486 e. The van der Waals surface area contributed by atoms with E-state index in [1.807, 2.05) is 0 Å². The van der Waals surface area contributed by atoms with E-state index < -0.39 is 23.8 Å². The number of rotatable bonds is 4. The summed E-state index contributed by atoms with van der Waals surface area (Å²) in [5, 5.41) is 7.45. The van der Waals surface area contributed by atoms with Gasteiger partial charge in [-0.05, 0) is 43.5 Å². The van der Waals surface area contributed by atoms with Crippen LogP contribution in [-0.4, -0.2) is 30.3 Å². The van der Waals surface area contributed by atoms with E-state index in [0.29, 0.717) is 10.6 Å². The van der Waals surface area contributed by atoms with Crippen molar-refractivity contribution in [1.82, 2.24) is 0 Å². The van der Waals surface area contributed by atoms with Gasteiger partial charge in [-0.2, -0.15) is 13.2 Å². The van der Waals surface area contributed by atoms with E-state index in [2.05, 4.69) is 4.90 Å². The molecule has 0 bridgehead atoms. The van der Waals surface area contributed by atoms with Crippen molar-refractivity contribution in [2.75, 3.05) is 18.0 Å². The Morgan fingerprint density at radius 2 is 1.67 bits per heavy atom. The highest BCUT2D eigenvalue weighted by atomic mass is 35.5. The second kappa shape index (κ2) is 10.5. The summed E-state index contributed by atoms with van der Waals surface area (Å²) in [6.45, 7) is 1.90. The molecule has 0 spiro atoms. The number of carboxylic acids is 1. The van der Waals surface area contributed by atoms with Crippen LogP contribution in [0.1, 0.15) is 24.8 Å². The Morgan fingerprint density at radius 3 is 2.23 bits per heavy atom. The van der Waals surface area contributed by atoms with Crippen LogP contribution in [0.5, 0.6) is 5.75 Å². The van der Waals surface area contributed by atoms with E-state index in [0.717, 1.165) is 31.6 Å². The smallest absolute Gasteiger partial charge is 0.486 e. The molecule has 1 saturated heterocycles. The molecule has 30 heavy (non-hydrogen) atoms. The molecule has 1 heterocycles. The Bertz CT molecular complexity index is 870. The maximum absolute atomic E-state index is 13.9. The van der Waals surface area contributed by atoms with Gasteiger partial charge in [0.15, 0.2) is 11.6 Å². The van der Waals surface area contributed by atoms with E-state index in [9.17, 15) is 22.0 Å². The molecule has 3 rings (SSSR count). The van der Waals surface area contributed by atoms with Crippen LogP contribution in [0.3, 0.4) is 0 Å². The molecule has 2 aromatic carbocycles. The van der Waals surface area contributed by atoms with Gasteiger partial charge in [-0.3, -0.25) is 0 Å². The van der Waals surface area contributed by atoms with E-state index in [1.165, 1.54) is 18.6 Å². The second-order valence-corrected chi connectivity index (χ2v) is 6.93. The predicted octanol–water partition coefficient (Wildman–Crippen LogP) is 5.82. The summed E-state index contributed by atoms with van der Waals surface area (Å²) in [5.74, 6) is -3.51. The highest BCUT2D eigenvalue weighted by molar-refractivity contribution is 6.30. The fourth-order valence-electron chi connectivity index (χ4n) is 2.75. The SMILES string of the molecule is Fc1cc(Cl)ccc1COc1cc(N2CCCCC2)ccc1F.O=C(O)C(F)(F)F. The standard InChI is InChI=1S/C18H18ClF2NO.C2HF3O2/c19-14-5-4-13(17(21)10-14)12-23-18-11-15(6-7-16(18)20)22-8-2-1-3-9-22;3-2(4,5)1(6)7/h4-7,10-11H,1-3,8-9,12H2;(H,6,7). The highest BCUT2D eigenvalue weighted by Gasteiger charge is 2.38. The Hall–Kier alpha value is -2.55. The number of nitrogens with zero attached hydrogens (tertiary/aromatic N) is 1. The van der Waals surface area contributed by atoms with Crippen molar-refractivity contribution in [1.29, 1.82) is 0 Å². The first-order valence-electron chi connectivity index (χ1n) is 8.99. The fraction of sp³-hybridized carbons (Fsp3) is 0.350. The van der Waals surface area contributed by atoms with Crippen LogP contribution in [-0.2, 0) is 11.4 Å². The summed E-state index contributed by atoms with van der Waals surface area (Å²) >= 11 is 5.72. The lowest BCUT2D eigenvalue weighted by atomic mass is 10.1. The molecular formula is C20H19ClF5NO3. The Balaban J connectivity index is 0.000000396. The molecule has 1 aliphatic rings. The quantitative estimate of drug-likeness (QED) is 0.595. The van der Waals surface area contributed by atoms with Crippen molar-refractivity contribution in [2.45, 2.75) is 32.0 Å². The van der Waals surface area contributed by atoms with Crippen molar-refractivity contribution >= 4 is 23.3 Å². The maximum atomic E-state index is 13.9. The summed E-state index contributed by atoms with van der Waals surface area (Å²) < 4.78 is 64.9. The average molecular weight is 452 g/mol. The molecule has 10 heteroatoms. The van der Waals surface area contributed by atoms with Crippen LogP contribution in [0.4, 0.5) is 27.6 Å². The number of carboxylic acid groups (broad SMARTS) is 1. The van der Waals surface area contributed by atoms with E-state index in [-0.39, 0.29) is 12.4 Å². The van der Waals surface area contributed by atoms with Gasteiger partial charge in [0.25, 0.3) is 0 Å². The number of halogens is 6. The van der Waals surface area contributed by atoms with Crippen molar-refractivity contribution < 1.29 is 36.6 Å². The lowest BCUT2D eigenvalue weighted by Crippen LogP contribution is -2.29. The Morgan fingerprint density at radius 1 is 1.03 bits per heavy atom. The number of anilines is 1. The normalized spacial score (nSPS) is 14.0. The largest absolute Gasteiger partial charge is 0.490 e. The number of hydrogen-bond donors (Lipinski definition) is 1. The van der Waals surface area contributed by atoms with E-state index >= 15 is 0 Å². The number of aliphatic carboxylic acids is 1. The molecule has 0 aromatic heterocycles. The van der Waals surface area contributed by atoms with E-state index in [1.54, 1.807) is 24.3 Å². The Kier molecular flexibility index (Phi) is 8.28. The van der Waals surface area contributed by atoms with Crippen LogP contribution >= 0.6 is 11.6 Å². The molecule has 1 aliphatic heterocycles. The monoisotopic (exact) mass is 451 g/mol. The summed E-state index contributed by atoms with van der Waals surface area (Å²) in [6.07, 6.45) is -1.57. The molecule has 0 radical (unpaired) electrons.